The highest BCUT2D eigenvalue weighted by Crippen LogP contribution is 2.31. The van der Waals surface area contributed by atoms with Crippen LogP contribution in [0.1, 0.15) is 18.1 Å². The Hall–Kier alpha value is -3.23. The maximum atomic E-state index is 12.8. The first-order valence-corrected chi connectivity index (χ1v) is 11.2. The lowest BCUT2D eigenvalue weighted by molar-refractivity contribution is -0.115. The van der Waals surface area contributed by atoms with E-state index in [0.717, 1.165) is 16.8 Å². The van der Waals surface area contributed by atoms with Crippen LogP contribution in [0.5, 0.6) is 0 Å². The Morgan fingerprint density at radius 3 is 2.56 bits per heavy atom. The number of rotatable bonds is 6. The molecular formula is C23H21ClN6OS. The summed E-state index contributed by atoms with van der Waals surface area (Å²) in [6.45, 7) is 5.95. The van der Waals surface area contributed by atoms with Gasteiger partial charge in [0.15, 0.2) is 16.1 Å². The minimum atomic E-state index is -0.453. The Labute approximate surface area is 195 Å². The molecule has 0 saturated heterocycles. The van der Waals surface area contributed by atoms with Crippen LogP contribution >= 0.6 is 23.4 Å². The van der Waals surface area contributed by atoms with Gasteiger partial charge in [0, 0.05) is 24.2 Å². The fourth-order valence-corrected chi connectivity index (χ4v) is 4.09. The molecule has 1 unspecified atom stereocenters. The number of carbonyl (C=O) groups is 1. The van der Waals surface area contributed by atoms with Crippen molar-refractivity contribution in [2.24, 2.45) is 0 Å². The van der Waals surface area contributed by atoms with E-state index in [0.29, 0.717) is 16.7 Å². The van der Waals surface area contributed by atoms with Crippen molar-refractivity contribution in [3.05, 3.63) is 77.3 Å². The van der Waals surface area contributed by atoms with Crippen LogP contribution in [0.3, 0.4) is 0 Å². The van der Waals surface area contributed by atoms with Crippen molar-refractivity contribution in [1.82, 2.24) is 24.7 Å². The van der Waals surface area contributed by atoms with E-state index in [1.807, 2.05) is 29.7 Å². The van der Waals surface area contributed by atoms with Crippen LogP contribution in [0.2, 0.25) is 5.15 Å². The standard InChI is InChI=1S/C23H21ClN6OS/c1-14-6-7-18(13-15(14)2)30-21(17-8-11-25-12-9-17)28-29-23(30)32-16(3)22(31)27-19-5-4-10-26-20(19)24/h4-13,16H,1-3H3,(H,27,31). The van der Waals surface area contributed by atoms with Crippen molar-refractivity contribution >= 4 is 35.0 Å². The van der Waals surface area contributed by atoms with Gasteiger partial charge >= 0.3 is 0 Å². The van der Waals surface area contributed by atoms with Crippen LogP contribution in [0.25, 0.3) is 17.1 Å². The quantitative estimate of drug-likeness (QED) is 0.315. The van der Waals surface area contributed by atoms with Gasteiger partial charge in [0.2, 0.25) is 5.91 Å². The Morgan fingerprint density at radius 2 is 1.84 bits per heavy atom. The molecule has 0 aliphatic heterocycles. The molecular weight excluding hydrogens is 444 g/mol. The van der Waals surface area contributed by atoms with Crippen LogP contribution in [0.4, 0.5) is 5.69 Å². The number of benzene rings is 1. The number of anilines is 1. The number of thioether (sulfide) groups is 1. The largest absolute Gasteiger partial charge is 0.322 e. The first-order valence-electron chi connectivity index (χ1n) is 9.95. The zero-order valence-corrected chi connectivity index (χ0v) is 19.4. The summed E-state index contributed by atoms with van der Waals surface area (Å²) in [5.74, 6) is 0.478. The number of pyridine rings is 2. The molecule has 0 fully saturated rings. The van der Waals surface area contributed by atoms with Crippen LogP contribution in [-0.2, 0) is 4.79 Å². The molecule has 4 aromatic rings. The molecule has 162 valence electrons. The Balaban J connectivity index is 1.68. The Kier molecular flexibility index (Phi) is 6.53. The minimum absolute atomic E-state index is 0.204. The first kappa shape index (κ1) is 22.0. The van der Waals surface area contributed by atoms with E-state index in [1.165, 1.54) is 17.3 Å². The zero-order chi connectivity index (χ0) is 22.7. The number of aryl methyl sites for hydroxylation is 2. The highest BCUT2D eigenvalue weighted by molar-refractivity contribution is 8.00. The summed E-state index contributed by atoms with van der Waals surface area (Å²) < 4.78 is 1.97. The smallest absolute Gasteiger partial charge is 0.237 e. The van der Waals surface area contributed by atoms with Crippen molar-refractivity contribution in [3.63, 3.8) is 0 Å². The molecule has 3 heterocycles. The summed E-state index contributed by atoms with van der Waals surface area (Å²) in [4.78, 5) is 20.9. The molecule has 1 amide bonds. The summed E-state index contributed by atoms with van der Waals surface area (Å²) in [5, 5.41) is 12.1. The van der Waals surface area contributed by atoms with Gasteiger partial charge in [-0.15, -0.1) is 10.2 Å². The van der Waals surface area contributed by atoms with Crippen molar-refractivity contribution in [3.8, 4) is 17.1 Å². The molecule has 32 heavy (non-hydrogen) atoms. The maximum absolute atomic E-state index is 12.8. The summed E-state index contributed by atoms with van der Waals surface area (Å²) in [7, 11) is 0. The number of hydrogen-bond donors (Lipinski definition) is 1. The van der Waals surface area contributed by atoms with Gasteiger partial charge in [-0.3, -0.25) is 14.3 Å². The summed E-state index contributed by atoms with van der Waals surface area (Å²) in [5.41, 5.74) is 4.64. The number of nitrogens with one attached hydrogen (secondary N) is 1. The van der Waals surface area contributed by atoms with Gasteiger partial charge in [-0.25, -0.2) is 4.98 Å². The second-order valence-electron chi connectivity index (χ2n) is 7.24. The van der Waals surface area contributed by atoms with E-state index in [2.05, 4.69) is 51.5 Å². The number of hydrogen-bond acceptors (Lipinski definition) is 6. The fraction of sp³-hybridized carbons (Fsp3) is 0.174. The molecule has 0 spiro atoms. The molecule has 1 atom stereocenters. The average molecular weight is 465 g/mol. The summed E-state index contributed by atoms with van der Waals surface area (Å²) in [6, 6.07) is 13.4. The first-order chi connectivity index (χ1) is 15.4. The molecule has 0 aliphatic carbocycles. The molecule has 0 aliphatic rings. The van der Waals surface area contributed by atoms with E-state index in [9.17, 15) is 4.79 Å². The number of nitrogens with zero attached hydrogens (tertiary/aromatic N) is 5. The third kappa shape index (κ3) is 4.66. The third-order valence-electron chi connectivity index (χ3n) is 4.99. The van der Waals surface area contributed by atoms with Crippen LogP contribution in [-0.4, -0.2) is 35.9 Å². The SMILES string of the molecule is Cc1ccc(-n2c(SC(C)C(=O)Nc3cccnc3Cl)nnc2-c2ccncc2)cc1C. The van der Waals surface area contributed by atoms with Gasteiger partial charge < -0.3 is 5.32 Å². The molecule has 7 nitrogen and oxygen atoms in total. The van der Waals surface area contributed by atoms with Crippen LogP contribution in [0, 0.1) is 13.8 Å². The van der Waals surface area contributed by atoms with Crippen LogP contribution in [0.15, 0.2) is 66.2 Å². The predicted molar refractivity (Wildman–Crippen MR) is 127 cm³/mol. The van der Waals surface area contributed by atoms with Crippen LogP contribution < -0.4 is 5.32 Å². The molecule has 1 N–H and O–H groups in total. The second-order valence-corrected chi connectivity index (χ2v) is 8.90. The van der Waals surface area contributed by atoms with E-state index >= 15 is 0 Å². The second kappa shape index (κ2) is 9.50. The highest BCUT2D eigenvalue weighted by atomic mass is 35.5. The molecule has 1 aromatic carbocycles. The molecule has 0 saturated carbocycles. The molecule has 0 radical (unpaired) electrons. The van der Waals surface area contributed by atoms with Gasteiger partial charge in [0.1, 0.15) is 0 Å². The number of aromatic nitrogens is 5. The van der Waals surface area contributed by atoms with Gasteiger partial charge in [-0.1, -0.05) is 29.4 Å². The van der Waals surface area contributed by atoms with Gasteiger partial charge in [0.25, 0.3) is 0 Å². The van der Waals surface area contributed by atoms with Gasteiger partial charge in [0.05, 0.1) is 16.6 Å². The van der Waals surface area contributed by atoms with Crippen molar-refractivity contribution in [1.29, 1.82) is 0 Å². The van der Waals surface area contributed by atoms with Gasteiger partial charge in [-0.2, -0.15) is 0 Å². The lowest BCUT2D eigenvalue weighted by Gasteiger charge is -2.15. The van der Waals surface area contributed by atoms with E-state index in [-0.39, 0.29) is 11.1 Å². The third-order valence-corrected chi connectivity index (χ3v) is 6.33. The maximum Gasteiger partial charge on any atom is 0.237 e. The highest BCUT2D eigenvalue weighted by Gasteiger charge is 2.22. The fourth-order valence-electron chi connectivity index (χ4n) is 3.06. The zero-order valence-electron chi connectivity index (χ0n) is 17.8. The van der Waals surface area contributed by atoms with E-state index in [4.69, 9.17) is 11.6 Å². The minimum Gasteiger partial charge on any atom is -0.322 e. The Morgan fingerprint density at radius 1 is 1.06 bits per heavy atom. The normalized spacial score (nSPS) is 11.9. The van der Waals surface area contributed by atoms with Gasteiger partial charge in [-0.05, 0) is 68.3 Å². The lowest BCUT2D eigenvalue weighted by Crippen LogP contribution is -2.23. The van der Waals surface area contributed by atoms with Crippen molar-refractivity contribution < 1.29 is 4.79 Å². The van der Waals surface area contributed by atoms with E-state index < -0.39 is 5.25 Å². The van der Waals surface area contributed by atoms with E-state index in [1.54, 1.807) is 30.7 Å². The monoisotopic (exact) mass is 464 g/mol. The van der Waals surface area contributed by atoms with Crippen molar-refractivity contribution in [2.45, 2.75) is 31.2 Å². The molecule has 4 rings (SSSR count). The predicted octanol–water partition coefficient (Wildman–Crippen LogP) is 5.11. The number of carbonyl (C=O) groups excluding carboxylic acids is 1. The lowest BCUT2D eigenvalue weighted by atomic mass is 10.1. The molecule has 9 heteroatoms. The number of amides is 1. The summed E-state index contributed by atoms with van der Waals surface area (Å²) >= 11 is 7.39. The topological polar surface area (TPSA) is 85.6 Å². The van der Waals surface area contributed by atoms with Crippen molar-refractivity contribution in [2.75, 3.05) is 5.32 Å². The Bertz CT molecular complexity index is 1260. The average Bonchev–Trinajstić information content (AvgIpc) is 3.21. The molecule has 0 bridgehead atoms. The number of halogens is 1. The summed E-state index contributed by atoms with van der Waals surface area (Å²) in [6.07, 6.45) is 5.01. The molecule has 3 aromatic heterocycles.